The molecule has 5 nitrogen and oxygen atoms in total. The molecule has 0 heterocycles. The molecule has 6 heteroatoms. The number of aromatic carboxylic acids is 2. The molecule has 0 bridgehead atoms. The molecule has 0 aromatic heterocycles. The third-order valence-electron chi connectivity index (χ3n) is 1.45. The summed E-state index contributed by atoms with van der Waals surface area (Å²) >= 11 is 0. The molecule has 0 saturated heterocycles. The van der Waals surface area contributed by atoms with Crippen molar-refractivity contribution in [1.82, 2.24) is 0 Å². The van der Waals surface area contributed by atoms with Gasteiger partial charge in [0.1, 0.15) is 0 Å². The molecule has 14 heavy (non-hydrogen) atoms. The van der Waals surface area contributed by atoms with Gasteiger partial charge in [0.15, 0.2) is 0 Å². The standard InChI is InChI=1S/C8H6O5.Ca/c9-6-2-1-4(7(10)11)3-5(6)8(12)13;/h1-3,9H,(H,10,11)(H,12,13);/q;+2/p-2. The number of carboxylic acids is 2. The van der Waals surface area contributed by atoms with Gasteiger partial charge in [-0.15, -0.1) is 0 Å². The van der Waals surface area contributed by atoms with Crippen molar-refractivity contribution in [2.24, 2.45) is 0 Å². The number of rotatable bonds is 2. The molecular weight excluding hydrogens is 216 g/mol. The van der Waals surface area contributed by atoms with Crippen LogP contribution in [0, 0.1) is 0 Å². The molecule has 1 N–H and O–H groups in total. The third kappa shape index (κ3) is 2.87. The fourth-order valence-corrected chi connectivity index (χ4v) is 0.824. The molecule has 0 aliphatic rings. The van der Waals surface area contributed by atoms with Gasteiger partial charge in [0.2, 0.25) is 0 Å². The van der Waals surface area contributed by atoms with Gasteiger partial charge in [-0.1, -0.05) is 17.9 Å². The van der Waals surface area contributed by atoms with Crippen molar-refractivity contribution in [3.8, 4) is 5.75 Å². The maximum Gasteiger partial charge on any atom is 2.00 e. The molecule has 0 aliphatic carbocycles. The smallest absolute Gasteiger partial charge is 0.872 e. The first-order valence-corrected chi connectivity index (χ1v) is 3.28. The van der Waals surface area contributed by atoms with Gasteiger partial charge in [0.05, 0.1) is 11.5 Å². The van der Waals surface area contributed by atoms with Gasteiger partial charge in [-0.25, -0.2) is 4.79 Å². The second kappa shape index (κ2) is 5.19. The quantitative estimate of drug-likeness (QED) is 0.607. The first-order valence-electron chi connectivity index (χ1n) is 3.28. The van der Waals surface area contributed by atoms with Crippen LogP contribution in [0.4, 0.5) is 0 Å². The first kappa shape index (κ1) is 13.2. The summed E-state index contributed by atoms with van der Waals surface area (Å²) in [5.74, 6) is -3.69. The van der Waals surface area contributed by atoms with Crippen LogP contribution in [0.15, 0.2) is 18.2 Å². The van der Waals surface area contributed by atoms with Gasteiger partial charge in [-0.05, 0) is 11.6 Å². The van der Waals surface area contributed by atoms with E-state index in [0.29, 0.717) is 0 Å². The van der Waals surface area contributed by atoms with E-state index in [1.807, 2.05) is 0 Å². The van der Waals surface area contributed by atoms with Crippen LogP contribution in [0.2, 0.25) is 0 Å². The molecule has 0 amide bonds. The van der Waals surface area contributed by atoms with Crippen molar-refractivity contribution in [1.29, 1.82) is 0 Å². The Morgan fingerprint density at radius 2 is 1.86 bits per heavy atom. The topological polar surface area (TPSA) is 100 Å². The Bertz CT molecular complexity index is 374. The average Bonchev–Trinajstić information content (AvgIpc) is 2.04. The molecule has 0 spiro atoms. The minimum atomic E-state index is -1.51. The largest absolute Gasteiger partial charge is 2.00 e. The maximum absolute atomic E-state index is 10.8. The van der Waals surface area contributed by atoms with Gasteiger partial charge >= 0.3 is 43.7 Å². The van der Waals surface area contributed by atoms with E-state index in [0.717, 1.165) is 18.2 Å². The average molecular weight is 220 g/mol. The van der Waals surface area contributed by atoms with Crippen LogP contribution in [0.1, 0.15) is 20.7 Å². The van der Waals surface area contributed by atoms with E-state index in [4.69, 9.17) is 5.11 Å². The summed E-state index contributed by atoms with van der Waals surface area (Å²) in [4.78, 5) is 20.7. The van der Waals surface area contributed by atoms with Gasteiger partial charge in [-0.3, -0.25) is 0 Å². The molecule has 1 aromatic rings. The summed E-state index contributed by atoms with van der Waals surface area (Å²) < 4.78 is 0. The Hall–Kier alpha value is -0.780. The second-order valence-corrected chi connectivity index (χ2v) is 2.30. The predicted molar refractivity (Wildman–Crippen MR) is 42.9 cm³/mol. The predicted octanol–water partition coefficient (Wildman–Crippen LogP) is -1.56. The second-order valence-electron chi connectivity index (χ2n) is 2.30. The van der Waals surface area contributed by atoms with Crippen LogP contribution in [0.5, 0.6) is 5.75 Å². The summed E-state index contributed by atoms with van der Waals surface area (Å²) in [5.41, 5.74) is -0.890. The fraction of sp³-hybridized carbons (Fsp3) is 0. The molecule has 68 valence electrons. The summed E-state index contributed by atoms with van der Waals surface area (Å²) in [5, 5.41) is 29.6. The minimum absolute atomic E-state index is 0. The van der Waals surface area contributed by atoms with Crippen LogP contribution >= 0.6 is 0 Å². The Balaban J connectivity index is 0.00000169. The summed E-state index contributed by atoms with van der Waals surface area (Å²) in [6.07, 6.45) is 0. The van der Waals surface area contributed by atoms with E-state index in [1.54, 1.807) is 0 Å². The number of carbonyl (C=O) groups is 2. The van der Waals surface area contributed by atoms with Crippen molar-refractivity contribution in [3.63, 3.8) is 0 Å². The summed E-state index contributed by atoms with van der Waals surface area (Å²) in [7, 11) is 0. The van der Waals surface area contributed by atoms with Crippen LogP contribution in [-0.4, -0.2) is 54.8 Å². The molecule has 0 radical (unpaired) electrons. The SMILES string of the molecule is O=C([O-])c1ccc([O-])c(C(=O)O)c1.[Ca+2]. The molecule has 1 aromatic carbocycles. The van der Waals surface area contributed by atoms with Gasteiger partial charge in [0.25, 0.3) is 0 Å². The zero-order valence-corrected chi connectivity index (χ0v) is 9.23. The maximum atomic E-state index is 10.8. The first-order chi connectivity index (χ1) is 6.02. The Labute approximate surface area is 109 Å². The Morgan fingerprint density at radius 1 is 1.29 bits per heavy atom. The Kier molecular flexibility index (Phi) is 4.90. The van der Waals surface area contributed by atoms with Crippen LogP contribution in [0.3, 0.4) is 0 Å². The van der Waals surface area contributed by atoms with E-state index < -0.39 is 23.3 Å². The van der Waals surface area contributed by atoms with Crippen molar-refractivity contribution in [2.75, 3.05) is 0 Å². The van der Waals surface area contributed by atoms with Gasteiger partial charge < -0.3 is 20.1 Å². The van der Waals surface area contributed by atoms with Crippen LogP contribution in [-0.2, 0) is 0 Å². The molecular formula is C8H4CaO5. The molecule has 0 saturated carbocycles. The van der Waals surface area contributed by atoms with E-state index in [9.17, 15) is 19.8 Å². The minimum Gasteiger partial charge on any atom is -0.872 e. The normalized spacial score (nSPS) is 8.86. The van der Waals surface area contributed by atoms with Crippen LogP contribution < -0.4 is 10.2 Å². The molecule has 0 fully saturated rings. The number of benzene rings is 1. The van der Waals surface area contributed by atoms with Crippen molar-refractivity contribution >= 4 is 49.7 Å². The zero-order valence-electron chi connectivity index (χ0n) is 7.02. The molecule has 0 atom stereocenters. The number of hydrogen-bond acceptors (Lipinski definition) is 4. The Morgan fingerprint density at radius 3 is 2.29 bits per heavy atom. The van der Waals surface area contributed by atoms with E-state index in [1.165, 1.54) is 0 Å². The zero-order chi connectivity index (χ0) is 10.0. The van der Waals surface area contributed by atoms with Gasteiger partial charge in [-0.2, -0.15) is 0 Å². The fourth-order valence-electron chi connectivity index (χ4n) is 0.824. The molecule has 0 aliphatic heterocycles. The van der Waals surface area contributed by atoms with Crippen LogP contribution in [0.25, 0.3) is 0 Å². The monoisotopic (exact) mass is 220 g/mol. The van der Waals surface area contributed by atoms with E-state index >= 15 is 0 Å². The number of hydrogen-bond donors (Lipinski definition) is 1. The van der Waals surface area contributed by atoms with Crippen molar-refractivity contribution < 1.29 is 24.9 Å². The van der Waals surface area contributed by atoms with Crippen molar-refractivity contribution in [3.05, 3.63) is 29.3 Å². The van der Waals surface area contributed by atoms with Crippen molar-refractivity contribution in [2.45, 2.75) is 0 Å². The molecule has 0 unspecified atom stereocenters. The number of carbonyl (C=O) groups excluding carboxylic acids is 1. The van der Waals surface area contributed by atoms with Gasteiger partial charge in [0, 0.05) is 0 Å². The third-order valence-corrected chi connectivity index (χ3v) is 1.45. The number of carboxylic acid groups (broad SMARTS) is 2. The van der Waals surface area contributed by atoms with E-state index in [2.05, 4.69) is 0 Å². The summed E-state index contributed by atoms with van der Waals surface area (Å²) in [6.45, 7) is 0. The summed E-state index contributed by atoms with van der Waals surface area (Å²) in [6, 6.07) is 2.67. The molecule has 1 rings (SSSR count). The van der Waals surface area contributed by atoms with E-state index in [-0.39, 0.29) is 43.3 Å².